The van der Waals surface area contributed by atoms with Gasteiger partial charge in [-0.15, -0.1) is 24.0 Å². The molecule has 0 amide bonds. The second-order valence-electron chi connectivity index (χ2n) is 6.24. The highest BCUT2D eigenvalue weighted by molar-refractivity contribution is 14.0. The molecule has 0 fully saturated rings. The number of anilines is 1. The van der Waals surface area contributed by atoms with Crippen LogP contribution in [0.25, 0.3) is 11.0 Å². The standard InChI is InChI=1S/C19H21N5.HI/c1-24-17-8-3-2-7-16(17)23-18(24)12-21-19(20)22-15-10-9-13-5-4-6-14(13)11-15;/h2-3,7-11H,4-6,12H2,1H3,(H3,20,21,22);1H. The molecule has 0 radical (unpaired) electrons. The Labute approximate surface area is 164 Å². The summed E-state index contributed by atoms with van der Waals surface area (Å²) in [7, 11) is 2.00. The zero-order valence-corrected chi connectivity index (χ0v) is 16.5. The van der Waals surface area contributed by atoms with E-state index >= 15 is 0 Å². The smallest absolute Gasteiger partial charge is 0.193 e. The van der Waals surface area contributed by atoms with Crippen molar-refractivity contribution in [3.8, 4) is 0 Å². The van der Waals surface area contributed by atoms with Gasteiger partial charge in [-0.05, 0) is 54.7 Å². The van der Waals surface area contributed by atoms with Crippen LogP contribution in [0.1, 0.15) is 23.4 Å². The lowest BCUT2D eigenvalue weighted by Crippen LogP contribution is -2.23. The Bertz CT molecular complexity index is 929. The minimum absolute atomic E-state index is 0. The summed E-state index contributed by atoms with van der Waals surface area (Å²) in [4.78, 5) is 9.05. The predicted molar refractivity (Wildman–Crippen MR) is 114 cm³/mol. The zero-order chi connectivity index (χ0) is 16.5. The molecule has 4 rings (SSSR count). The highest BCUT2D eigenvalue weighted by atomic mass is 127. The van der Waals surface area contributed by atoms with Crippen molar-refractivity contribution in [2.75, 3.05) is 5.32 Å². The lowest BCUT2D eigenvalue weighted by atomic mass is 10.1. The van der Waals surface area contributed by atoms with Crippen molar-refractivity contribution >= 4 is 46.7 Å². The molecule has 25 heavy (non-hydrogen) atoms. The first kappa shape index (κ1) is 17.7. The zero-order valence-electron chi connectivity index (χ0n) is 14.2. The third-order valence-corrected chi connectivity index (χ3v) is 4.64. The molecule has 3 aromatic rings. The minimum Gasteiger partial charge on any atom is -0.370 e. The van der Waals surface area contributed by atoms with Gasteiger partial charge in [-0.2, -0.15) is 0 Å². The summed E-state index contributed by atoms with van der Waals surface area (Å²) in [5.74, 6) is 1.31. The summed E-state index contributed by atoms with van der Waals surface area (Å²) in [6.45, 7) is 0.453. The van der Waals surface area contributed by atoms with Gasteiger partial charge in [0, 0.05) is 12.7 Å². The van der Waals surface area contributed by atoms with E-state index in [0.29, 0.717) is 12.5 Å². The van der Waals surface area contributed by atoms with Crippen molar-refractivity contribution in [3.63, 3.8) is 0 Å². The molecule has 1 aliphatic rings. The van der Waals surface area contributed by atoms with Gasteiger partial charge >= 0.3 is 0 Å². The summed E-state index contributed by atoms with van der Waals surface area (Å²) in [5.41, 5.74) is 12.0. The molecule has 130 valence electrons. The number of hydrogen-bond acceptors (Lipinski definition) is 2. The van der Waals surface area contributed by atoms with E-state index in [1.807, 2.05) is 25.2 Å². The highest BCUT2D eigenvalue weighted by Gasteiger charge is 2.11. The fourth-order valence-electron chi connectivity index (χ4n) is 3.33. The van der Waals surface area contributed by atoms with Crippen LogP contribution < -0.4 is 11.1 Å². The van der Waals surface area contributed by atoms with E-state index in [4.69, 9.17) is 5.73 Å². The number of aliphatic imine (C=N–C) groups is 1. The molecule has 0 aliphatic heterocycles. The van der Waals surface area contributed by atoms with E-state index in [0.717, 1.165) is 29.0 Å². The van der Waals surface area contributed by atoms with Gasteiger partial charge in [0.05, 0.1) is 11.0 Å². The van der Waals surface area contributed by atoms with Gasteiger partial charge in [0.25, 0.3) is 0 Å². The largest absolute Gasteiger partial charge is 0.370 e. The van der Waals surface area contributed by atoms with E-state index in [-0.39, 0.29) is 24.0 Å². The van der Waals surface area contributed by atoms with Gasteiger partial charge in [-0.1, -0.05) is 18.2 Å². The maximum Gasteiger partial charge on any atom is 0.193 e. The average Bonchev–Trinajstić information content (AvgIpc) is 3.17. The van der Waals surface area contributed by atoms with E-state index in [9.17, 15) is 0 Å². The van der Waals surface area contributed by atoms with Crippen molar-refractivity contribution in [2.24, 2.45) is 17.8 Å². The number of guanidine groups is 1. The van der Waals surface area contributed by atoms with Crippen LogP contribution in [0.5, 0.6) is 0 Å². The van der Waals surface area contributed by atoms with Crippen LogP contribution in [0.4, 0.5) is 5.69 Å². The van der Waals surface area contributed by atoms with Crippen LogP contribution in [-0.2, 0) is 26.4 Å². The van der Waals surface area contributed by atoms with Crippen molar-refractivity contribution in [3.05, 3.63) is 59.4 Å². The number of aryl methyl sites for hydroxylation is 3. The Morgan fingerprint density at radius 2 is 2.00 bits per heavy atom. The van der Waals surface area contributed by atoms with Crippen LogP contribution in [0.2, 0.25) is 0 Å². The molecule has 0 bridgehead atoms. The number of nitrogens with zero attached hydrogens (tertiary/aromatic N) is 3. The molecule has 1 heterocycles. The molecule has 0 atom stereocenters. The third kappa shape index (κ3) is 3.63. The van der Waals surface area contributed by atoms with E-state index in [1.165, 1.54) is 24.0 Å². The molecule has 0 unspecified atom stereocenters. The molecule has 6 heteroatoms. The predicted octanol–water partition coefficient (Wildman–Crippen LogP) is 3.61. The average molecular weight is 447 g/mol. The minimum atomic E-state index is 0. The number of hydrogen-bond donors (Lipinski definition) is 2. The molecule has 0 spiro atoms. The number of para-hydroxylation sites is 2. The number of nitrogens with two attached hydrogens (primary N) is 1. The number of benzene rings is 2. The van der Waals surface area contributed by atoms with Crippen LogP contribution in [0.3, 0.4) is 0 Å². The Morgan fingerprint density at radius 3 is 2.84 bits per heavy atom. The third-order valence-electron chi connectivity index (χ3n) is 4.64. The number of halogens is 1. The van der Waals surface area contributed by atoms with Crippen molar-refractivity contribution in [2.45, 2.75) is 25.8 Å². The summed E-state index contributed by atoms with van der Waals surface area (Å²) in [6, 6.07) is 14.5. The van der Waals surface area contributed by atoms with E-state index in [1.54, 1.807) is 0 Å². The summed E-state index contributed by atoms with van der Waals surface area (Å²) >= 11 is 0. The van der Waals surface area contributed by atoms with Crippen molar-refractivity contribution in [1.29, 1.82) is 0 Å². The van der Waals surface area contributed by atoms with Crippen molar-refractivity contribution in [1.82, 2.24) is 9.55 Å². The van der Waals surface area contributed by atoms with Crippen LogP contribution in [0.15, 0.2) is 47.5 Å². The molecule has 5 nitrogen and oxygen atoms in total. The highest BCUT2D eigenvalue weighted by Crippen LogP contribution is 2.24. The summed E-state index contributed by atoms with van der Waals surface area (Å²) in [5, 5.41) is 3.19. The molecular weight excluding hydrogens is 425 g/mol. The van der Waals surface area contributed by atoms with Crippen LogP contribution in [-0.4, -0.2) is 15.5 Å². The molecule has 0 saturated carbocycles. The summed E-state index contributed by atoms with van der Waals surface area (Å²) in [6.07, 6.45) is 3.59. The molecular formula is C19H22IN5. The van der Waals surface area contributed by atoms with E-state index in [2.05, 4.69) is 44.1 Å². The Hall–Kier alpha value is -2.09. The SMILES string of the molecule is Cn1c(CN=C(N)Nc2ccc3c(c2)CCC3)nc2ccccc21.I. The maximum absolute atomic E-state index is 6.04. The van der Waals surface area contributed by atoms with Gasteiger partial charge in [0.2, 0.25) is 0 Å². The molecule has 1 aliphatic carbocycles. The quantitative estimate of drug-likeness (QED) is 0.366. The number of fused-ring (bicyclic) bond motifs is 2. The first-order valence-electron chi connectivity index (χ1n) is 8.30. The first-order valence-corrected chi connectivity index (χ1v) is 8.30. The number of rotatable bonds is 3. The second-order valence-corrected chi connectivity index (χ2v) is 6.24. The van der Waals surface area contributed by atoms with E-state index < -0.39 is 0 Å². The second kappa shape index (κ2) is 7.43. The van der Waals surface area contributed by atoms with Gasteiger partial charge in [0.1, 0.15) is 12.4 Å². The molecule has 3 N–H and O–H groups in total. The number of aromatic nitrogens is 2. The normalized spacial score (nSPS) is 13.6. The molecule has 0 saturated heterocycles. The number of imidazole rings is 1. The number of nitrogens with one attached hydrogen (secondary N) is 1. The van der Waals surface area contributed by atoms with Crippen molar-refractivity contribution < 1.29 is 0 Å². The first-order chi connectivity index (χ1) is 11.7. The van der Waals surface area contributed by atoms with Crippen LogP contribution >= 0.6 is 24.0 Å². The van der Waals surface area contributed by atoms with Gasteiger partial charge < -0.3 is 15.6 Å². The van der Waals surface area contributed by atoms with Gasteiger partial charge in [-0.3, -0.25) is 0 Å². The maximum atomic E-state index is 6.04. The Morgan fingerprint density at radius 1 is 1.20 bits per heavy atom. The summed E-state index contributed by atoms with van der Waals surface area (Å²) < 4.78 is 2.06. The molecule has 2 aromatic carbocycles. The van der Waals surface area contributed by atoms with Gasteiger partial charge in [-0.25, -0.2) is 9.98 Å². The lowest BCUT2D eigenvalue weighted by molar-refractivity contribution is 0.812. The fourth-order valence-corrected chi connectivity index (χ4v) is 3.33. The van der Waals surface area contributed by atoms with Crippen LogP contribution in [0, 0.1) is 0 Å². The Kier molecular flexibility index (Phi) is 5.27. The van der Waals surface area contributed by atoms with Gasteiger partial charge in [0.15, 0.2) is 5.96 Å². The topological polar surface area (TPSA) is 68.2 Å². The molecule has 1 aromatic heterocycles. The monoisotopic (exact) mass is 447 g/mol. The fraction of sp³-hybridized carbons (Fsp3) is 0.263. The lowest BCUT2D eigenvalue weighted by Gasteiger charge is -2.08. The Balaban J connectivity index is 0.00000182.